The third kappa shape index (κ3) is 9.11. The summed E-state index contributed by atoms with van der Waals surface area (Å²) < 4.78 is 50.1. The number of cyclic esters (lactones) is 1. The highest BCUT2D eigenvalue weighted by molar-refractivity contribution is 9.09. The fourth-order valence-electron chi connectivity index (χ4n) is 11.1. The third-order valence-electron chi connectivity index (χ3n) is 13.9. The molecule has 2 saturated carbocycles. The maximum Gasteiger partial charge on any atom is 0.306 e. The molecule has 6 rings (SSSR count). The lowest BCUT2D eigenvalue weighted by molar-refractivity contribution is -0.317. The minimum atomic E-state index is -0.772. The minimum absolute atomic E-state index is 0.00705. The van der Waals surface area contributed by atoms with Gasteiger partial charge in [0, 0.05) is 49.4 Å². The Bertz CT molecular complexity index is 1330. The molecule has 3 saturated heterocycles. The SMILES string of the molecule is CCOC1[C@@H](OC)C(C)O[C@@H](O[C@H]2C[C@H]3[C@@H]4C=C5C(=O)[C@H](C)[C@@H](O[C@H]6CC[C@H](N(C)C)C(C)O6)CCC[C@H](CC)OC(=O)C[C@H]5[C@@H]4C(O)C(Br)[C@@H]3C2)[C@H]1OC. The van der Waals surface area contributed by atoms with Gasteiger partial charge in [0.25, 0.3) is 0 Å². The molecular formula is C42H68BrNO11. The second-order valence-corrected chi connectivity index (χ2v) is 18.3. The maximum absolute atomic E-state index is 14.8. The summed E-state index contributed by atoms with van der Waals surface area (Å²) in [5.74, 6) is -1.46. The van der Waals surface area contributed by atoms with Gasteiger partial charge in [-0.1, -0.05) is 35.9 Å². The fraction of sp³-hybridized carbons (Fsp3) is 0.905. The number of ketones is 1. The molecule has 55 heavy (non-hydrogen) atoms. The molecule has 314 valence electrons. The molecule has 0 aromatic carbocycles. The Labute approximate surface area is 337 Å². The van der Waals surface area contributed by atoms with Crippen LogP contribution in [0.2, 0.25) is 0 Å². The van der Waals surface area contributed by atoms with E-state index in [-0.39, 0.29) is 95.7 Å². The molecular weight excluding hydrogens is 774 g/mol. The zero-order chi connectivity index (χ0) is 39.7. The average Bonchev–Trinajstić information content (AvgIpc) is 3.74. The molecule has 5 unspecified atom stereocenters. The summed E-state index contributed by atoms with van der Waals surface area (Å²) in [6, 6.07) is 0.312. The number of methoxy groups -OCH3 is 2. The number of esters is 1. The van der Waals surface area contributed by atoms with Gasteiger partial charge in [-0.25, -0.2) is 0 Å². The van der Waals surface area contributed by atoms with Gasteiger partial charge in [-0.2, -0.15) is 0 Å². The fourth-order valence-corrected chi connectivity index (χ4v) is 12.0. The molecule has 0 spiro atoms. The maximum atomic E-state index is 14.8. The molecule has 6 aliphatic rings. The second-order valence-electron chi connectivity index (χ2n) is 17.3. The largest absolute Gasteiger partial charge is 0.462 e. The van der Waals surface area contributed by atoms with Crippen molar-refractivity contribution in [2.24, 2.45) is 35.5 Å². The third-order valence-corrected chi connectivity index (χ3v) is 15.1. The summed E-state index contributed by atoms with van der Waals surface area (Å²) in [5.41, 5.74) is 0.630. The summed E-state index contributed by atoms with van der Waals surface area (Å²) in [6.07, 6.45) is 4.16. The van der Waals surface area contributed by atoms with Crippen molar-refractivity contribution in [2.75, 3.05) is 34.9 Å². The van der Waals surface area contributed by atoms with Gasteiger partial charge < -0.3 is 47.9 Å². The van der Waals surface area contributed by atoms with Gasteiger partial charge in [0.15, 0.2) is 18.4 Å². The van der Waals surface area contributed by atoms with Crippen molar-refractivity contribution in [2.45, 2.75) is 171 Å². The lowest BCUT2D eigenvalue weighted by Crippen LogP contribution is -2.60. The van der Waals surface area contributed by atoms with E-state index in [1.807, 2.05) is 27.7 Å². The average molecular weight is 843 g/mol. The highest BCUT2D eigenvalue weighted by Crippen LogP contribution is 2.58. The summed E-state index contributed by atoms with van der Waals surface area (Å²) >= 11 is 3.92. The standard InChI is InChI=1S/C42H68BrNO11/c1-10-24-13-12-14-32(55-34-16-15-31(44(6)7)22(4)51-34)21(3)37(46)30-19-27-26-17-25(18-29(26)36(43)38(47)35(27)28(30)20-33(45)53-24)54-42-41(49-9)40(50-11-2)39(48-8)23(5)52-42/h19,21-29,31-32,34-36,38-42,47H,10-18,20H2,1-9H3/t21-,22?,23?,24+,25+,26+,27+,28-,29-,31+,32+,34+,35-,36?,38?,39+,40?,41+,42+/m1/s1. The Balaban J connectivity index is 1.25. The zero-order valence-electron chi connectivity index (χ0n) is 34.5. The van der Waals surface area contributed by atoms with E-state index in [9.17, 15) is 14.7 Å². The smallest absolute Gasteiger partial charge is 0.306 e. The van der Waals surface area contributed by atoms with Crippen LogP contribution in [0.25, 0.3) is 0 Å². The van der Waals surface area contributed by atoms with Crippen LogP contribution in [0.4, 0.5) is 0 Å². The number of hydrogen-bond acceptors (Lipinski definition) is 12. The van der Waals surface area contributed by atoms with Crippen LogP contribution in [0.1, 0.15) is 92.4 Å². The number of fused-ring (bicyclic) bond motifs is 5. The molecule has 1 N–H and O–H groups in total. The van der Waals surface area contributed by atoms with E-state index in [2.05, 4.69) is 47.9 Å². The molecule has 5 fully saturated rings. The molecule has 0 radical (unpaired) electrons. The van der Waals surface area contributed by atoms with E-state index in [0.29, 0.717) is 43.9 Å². The molecule has 19 atom stereocenters. The Hall–Kier alpha value is -1.00. The summed E-state index contributed by atoms with van der Waals surface area (Å²) in [4.78, 5) is 30.4. The van der Waals surface area contributed by atoms with E-state index < -0.39 is 30.3 Å². The molecule has 0 bridgehead atoms. The van der Waals surface area contributed by atoms with Crippen molar-refractivity contribution in [3.63, 3.8) is 0 Å². The summed E-state index contributed by atoms with van der Waals surface area (Å²) in [5, 5.41) is 12.1. The number of allylic oxidation sites excluding steroid dienone is 2. The Kier molecular flexibility index (Phi) is 15.0. The van der Waals surface area contributed by atoms with Crippen LogP contribution in [0.5, 0.6) is 0 Å². The molecule has 3 heterocycles. The van der Waals surface area contributed by atoms with Crippen LogP contribution in [0, 0.1) is 35.5 Å². The summed E-state index contributed by atoms with van der Waals surface area (Å²) in [7, 11) is 7.44. The molecule has 3 aliphatic carbocycles. The molecule has 0 aromatic heterocycles. The predicted octanol–water partition coefficient (Wildman–Crippen LogP) is 5.45. The molecule has 0 aromatic rings. The van der Waals surface area contributed by atoms with Crippen molar-refractivity contribution >= 4 is 27.7 Å². The first-order valence-electron chi connectivity index (χ1n) is 21.0. The second kappa shape index (κ2) is 18.9. The molecule has 13 heteroatoms. The zero-order valence-corrected chi connectivity index (χ0v) is 36.1. The number of ether oxygens (including phenoxy) is 8. The van der Waals surface area contributed by atoms with E-state index in [4.69, 9.17) is 37.9 Å². The van der Waals surface area contributed by atoms with Crippen molar-refractivity contribution in [3.05, 3.63) is 11.6 Å². The van der Waals surface area contributed by atoms with E-state index in [1.54, 1.807) is 14.2 Å². The monoisotopic (exact) mass is 841 g/mol. The molecule has 3 aliphatic heterocycles. The van der Waals surface area contributed by atoms with Gasteiger partial charge in [0.05, 0.1) is 36.9 Å². The molecule has 12 nitrogen and oxygen atoms in total. The van der Waals surface area contributed by atoms with E-state index in [1.165, 1.54) is 0 Å². The number of carbonyl (C=O) groups is 2. The van der Waals surface area contributed by atoms with Gasteiger partial charge in [-0.05, 0) is 110 Å². The normalized spacial score (nSPS) is 46.9. The number of Topliss-reactive ketones (excluding diaryl/α,β-unsaturated/α-hetero) is 1. The van der Waals surface area contributed by atoms with E-state index >= 15 is 0 Å². The first kappa shape index (κ1) is 43.6. The van der Waals surface area contributed by atoms with Gasteiger partial charge in [-0.3, -0.25) is 9.59 Å². The number of halogens is 1. The first-order valence-corrected chi connectivity index (χ1v) is 22.0. The number of hydrogen-bond donors (Lipinski definition) is 1. The Morgan fingerprint density at radius 3 is 2.29 bits per heavy atom. The van der Waals surface area contributed by atoms with Crippen molar-refractivity contribution in [3.8, 4) is 0 Å². The minimum Gasteiger partial charge on any atom is -0.462 e. The number of alkyl halides is 1. The van der Waals surface area contributed by atoms with Gasteiger partial charge in [0.2, 0.25) is 0 Å². The Morgan fingerprint density at radius 2 is 1.64 bits per heavy atom. The number of aliphatic hydroxyl groups is 1. The highest BCUT2D eigenvalue weighted by atomic mass is 79.9. The number of aliphatic hydroxyl groups excluding tert-OH is 1. The van der Waals surface area contributed by atoms with Gasteiger partial charge in [0.1, 0.15) is 24.4 Å². The summed E-state index contributed by atoms with van der Waals surface area (Å²) in [6.45, 7) is 10.5. The van der Waals surface area contributed by atoms with Crippen LogP contribution in [-0.2, 0) is 47.5 Å². The highest BCUT2D eigenvalue weighted by Gasteiger charge is 2.59. The van der Waals surface area contributed by atoms with Crippen LogP contribution in [-0.4, -0.2) is 135 Å². The first-order chi connectivity index (χ1) is 26.3. The van der Waals surface area contributed by atoms with E-state index in [0.717, 1.165) is 25.7 Å². The van der Waals surface area contributed by atoms with Crippen LogP contribution >= 0.6 is 15.9 Å². The van der Waals surface area contributed by atoms with Crippen molar-refractivity contribution in [1.29, 1.82) is 0 Å². The number of nitrogens with zero attached hydrogens (tertiary/aromatic N) is 1. The van der Waals surface area contributed by atoms with Gasteiger partial charge in [-0.15, -0.1) is 0 Å². The van der Waals surface area contributed by atoms with Crippen molar-refractivity contribution < 1.29 is 52.6 Å². The lowest BCUT2D eigenvalue weighted by Gasteiger charge is -2.45. The lowest BCUT2D eigenvalue weighted by atomic mass is 9.64. The van der Waals surface area contributed by atoms with Gasteiger partial charge >= 0.3 is 5.97 Å². The van der Waals surface area contributed by atoms with Crippen molar-refractivity contribution in [1.82, 2.24) is 4.90 Å². The number of carbonyl (C=O) groups excluding carboxylic acids is 2. The predicted molar refractivity (Wildman–Crippen MR) is 208 cm³/mol. The quantitative estimate of drug-likeness (QED) is 0.222. The Morgan fingerprint density at radius 1 is 0.909 bits per heavy atom. The van der Waals surface area contributed by atoms with Crippen LogP contribution < -0.4 is 0 Å². The number of likely N-dealkylation sites (N-methyl/N-ethyl adjacent to an activating group) is 1. The van der Waals surface area contributed by atoms with Crippen LogP contribution in [0.15, 0.2) is 11.6 Å². The topological polar surface area (TPSA) is 131 Å². The number of rotatable bonds is 10. The molecule has 0 amide bonds. The van der Waals surface area contributed by atoms with Crippen LogP contribution in [0.3, 0.4) is 0 Å².